The van der Waals surface area contributed by atoms with E-state index in [2.05, 4.69) is 10.4 Å². The molecule has 0 aliphatic carbocycles. The third-order valence-electron chi connectivity index (χ3n) is 4.61. The molecule has 0 radical (unpaired) electrons. The summed E-state index contributed by atoms with van der Waals surface area (Å²) in [5.41, 5.74) is -1.40. The largest absolute Gasteiger partial charge is 0.480 e. The first-order chi connectivity index (χ1) is 13.9. The molecule has 162 valence electrons. The van der Waals surface area contributed by atoms with Crippen molar-refractivity contribution >= 4 is 27.6 Å². The summed E-state index contributed by atoms with van der Waals surface area (Å²) in [4.78, 5) is 23.4. The molecule has 0 bridgehead atoms. The Bertz CT molecular complexity index is 1080. The molecule has 1 fully saturated rings. The van der Waals surface area contributed by atoms with Crippen molar-refractivity contribution in [2.75, 3.05) is 11.9 Å². The molecule has 1 aliphatic heterocycles. The third-order valence-corrected chi connectivity index (χ3v) is 6.53. The minimum absolute atomic E-state index is 0.0832. The second-order valence-electron chi connectivity index (χ2n) is 6.63. The van der Waals surface area contributed by atoms with Gasteiger partial charge in [-0.1, -0.05) is 0 Å². The molecule has 3 rings (SSSR count). The van der Waals surface area contributed by atoms with Gasteiger partial charge in [-0.3, -0.25) is 14.3 Å². The smallest absolute Gasteiger partial charge is 0.435 e. The predicted molar refractivity (Wildman–Crippen MR) is 97.2 cm³/mol. The zero-order valence-corrected chi connectivity index (χ0v) is 16.4. The van der Waals surface area contributed by atoms with Crippen LogP contribution in [-0.4, -0.2) is 52.1 Å². The Morgan fingerprint density at radius 3 is 2.40 bits per heavy atom. The average Bonchev–Trinajstić information content (AvgIpc) is 3.29. The number of carbonyl (C=O) groups is 2. The molecule has 0 saturated carbocycles. The monoisotopic (exact) mass is 446 g/mol. The van der Waals surface area contributed by atoms with Crippen LogP contribution >= 0.6 is 0 Å². The first-order valence-electron chi connectivity index (χ1n) is 8.68. The van der Waals surface area contributed by atoms with Gasteiger partial charge < -0.3 is 10.4 Å². The molecule has 0 unspecified atom stereocenters. The van der Waals surface area contributed by atoms with Crippen molar-refractivity contribution in [2.24, 2.45) is 7.05 Å². The minimum atomic E-state index is -4.70. The van der Waals surface area contributed by atoms with Gasteiger partial charge in [0, 0.05) is 25.3 Å². The maximum atomic E-state index is 12.7. The molecule has 2 heterocycles. The molecule has 0 spiro atoms. The molecule has 1 atom stereocenters. The molecular weight excluding hydrogens is 429 g/mol. The van der Waals surface area contributed by atoms with Crippen molar-refractivity contribution in [1.29, 1.82) is 0 Å². The van der Waals surface area contributed by atoms with E-state index in [1.165, 1.54) is 31.3 Å². The third kappa shape index (κ3) is 4.16. The standard InChI is InChI=1S/C17H17F3N4O5S/c1-23-13(9-14(22-23)17(18,19)20)15(25)21-10-4-6-11(7-5-10)30(28,29)24-8-2-3-12(24)16(26)27/h4-7,9,12H,2-3,8H2,1H3,(H,21,25)(H,26,27)/t12-/m0/s1. The number of alkyl halides is 3. The molecular formula is C17H17F3N4O5S. The highest BCUT2D eigenvalue weighted by Gasteiger charge is 2.39. The zero-order valence-electron chi connectivity index (χ0n) is 15.5. The van der Waals surface area contributed by atoms with Gasteiger partial charge in [0.25, 0.3) is 5.91 Å². The van der Waals surface area contributed by atoms with E-state index in [1.54, 1.807) is 0 Å². The number of halogens is 3. The number of carboxylic acid groups (broad SMARTS) is 1. The molecule has 9 nitrogen and oxygen atoms in total. The number of sulfonamides is 1. The number of aliphatic carboxylic acids is 1. The van der Waals surface area contributed by atoms with Crippen molar-refractivity contribution in [3.63, 3.8) is 0 Å². The maximum absolute atomic E-state index is 12.7. The Hall–Kier alpha value is -2.93. The fraction of sp³-hybridized carbons (Fsp3) is 0.353. The molecule has 1 saturated heterocycles. The van der Waals surface area contributed by atoms with Crippen LogP contribution in [0.4, 0.5) is 18.9 Å². The maximum Gasteiger partial charge on any atom is 0.435 e. The lowest BCUT2D eigenvalue weighted by Crippen LogP contribution is -2.40. The Balaban J connectivity index is 1.77. The number of nitrogens with zero attached hydrogens (tertiary/aromatic N) is 3. The number of nitrogens with one attached hydrogen (secondary N) is 1. The summed E-state index contributed by atoms with van der Waals surface area (Å²) in [5, 5.41) is 14.8. The number of amides is 1. The van der Waals surface area contributed by atoms with Gasteiger partial charge in [0.2, 0.25) is 10.0 Å². The first kappa shape index (κ1) is 21.8. The number of rotatable bonds is 5. The second-order valence-corrected chi connectivity index (χ2v) is 8.52. The van der Waals surface area contributed by atoms with Gasteiger partial charge in [-0.2, -0.15) is 22.6 Å². The summed E-state index contributed by atoms with van der Waals surface area (Å²) >= 11 is 0. The Morgan fingerprint density at radius 1 is 1.23 bits per heavy atom. The van der Waals surface area contributed by atoms with Gasteiger partial charge in [0.1, 0.15) is 11.7 Å². The number of hydrogen-bond acceptors (Lipinski definition) is 5. The summed E-state index contributed by atoms with van der Waals surface area (Å²) in [5.74, 6) is -2.09. The molecule has 2 N–H and O–H groups in total. The Kier molecular flexibility index (Phi) is 5.60. The fourth-order valence-electron chi connectivity index (χ4n) is 3.13. The summed E-state index contributed by atoms with van der Waals surface area (Å²) in [7, 11) is -2.86. The first-order valence-corrected chi connectivity index (χ1v) is 10.1. The molecule has 1 amide bonds. The minimum Gasteiger partial charge on any atom is -0.480 e. The van der Waals surface area contributed by atoms with E-state index < -0.39 is 39.8 Å². The van der Waals surface area contributed by atoms with E-state index >= 15 is 0 Å². The van der Waals surface area contributed by atoms with Crippen LogP contribution in [0.1, 0.15) is 29.0 Å². The van der Waals surface area contributed by atoms with Crippen LogP contribution in [0, 0.1) is 0 Å². The predicted octanol–water partition coefficient (Wildman–Crippen LogP) is 1.93. The van der Waals surface area contributed by atoms with Gasteiger partial charge in [-0.05, 0) is 37.1 Å². The van der Waals surface area contributed by atoms with E-state index in [0.29, 0.717) is 12.5 Å². The van der Waals surface area contributed by atoms with E-state index in [0.717, 1.165) is 8.99 Å². The lowest BCUT2D eigenvalue weighted by molar-refractivity contribution is -0.142. The van der Waals surface area contributed by atoms with E-state index in [1.807, 2.05) is 0 Å². The van der Waals surface area contributed by atoms with E-state index in [9.17, 15) is 36.3 Å². The van der Waals surface area contributed by atoms with Crippen molar-refractivity contribution < 1.29 is 36.3 Å². The van der Waals surface area contributed by atoms with Crippen LogP contribution in [0.3, 0.4) is 0 Å². The zero-order chi connectivity index (χ0) is 22.3. The Morgan fingerprint density at radius 2 is 1.87 bits per heavy atom. The lowest BCUT2D eigenvalue weighted by Gasteiger charge is -2.21. The quantitative estimate of drug-likeness (QED) is 0.724. The normalized spacial score (nSPS) is 17.8. The number of hydrogen-bond donors (Lipinski definition) is 2. The summed E-state index contributed by atoms with van der Waals surface area (Å²) in [6, 6.07) is 4.37. The summed E-state index contributed by atoms with van der Waals surface area (Å²) in [6.07, 6.45) is -4.06. The highest BCUT2D eigenvalue weighted by Crippen LogP contribution is 2.29. The topological polar surface area (TPSA) is 122 Å². The van der Waals surface area contributed by atoms with Gasteiger partial charge in [0.05, 0.1) is 4.90 Å². The second kappa shape index (κ2) is 7.72. The number of benzene rings is 1. The van der Waals surface area contributed by atoms with Crippen molar-refractivity contribution in [3.8, 4) is 0 Å². The van der Waals surface area contributed by atoms with Crippen LogP contribution in [0.5, 0.6) is 0 Å². The fourth-order valence-corrected chi connectivity index (χ4v) is 4.78. The number of aromatic nitrogens is 2. The number of carbonyl (C=O) groups excluding carboxylic acids is 1. The molecule has 1 aromatic carbocycles. The van der Waals surface area contributed by atoms with Crippen LogP contribution in [0.2, 0.25) is 0 Å². The van der Waals surface area contributed by atoms with E-state index in [-0.39, 0.29) is 29.2 Å². The number of anilines is 1. The van der Waals surface area contributed by atoms with Crippen molar-refractivity contribution in [2.45, 2.75) is 30.0 Å². The van der Waals surface area contributed by atoms with Crippen LogP contribution in [0.15, 0.2) is 35.2 Å². The van der Waals surface area contributed by atoms with Crippen LogP contribution in [0.25, 0.3) is 0 Å². The SMILES string of the molecule is Cn1nc(C(F)(F)F)cc1C(=O)Nc1ccc(S(=O)(=O)N2CCC[C@H]2C(=O)O)cc1. The van der Waals surface area contributed by atoms with E-state index in [4.69, 9.17) is 0 Å². The number of carboxylic acids is 1. The highest BCUT2D eigenvalue weighted by molar-refractivity contribution is 7.89. The molecule has 1 aromatic heterocycles. The van der Waals surface area contributed by atoms with Crippen molar-refractivity contribution in [3.05, 3.63) is 41.7 Å². The summed E-state index contributed by atoms with van der Waals surface area (Å²) in [6.45, 7) is 0.0832. The highest BCUT2D eigenvalue weighted by atomic mass is 32.2. The van der Waals surface area contributed by atoms with Gasteiger partial charge in [-0.15, -0.1) is 0 Å². The molecule has 13 heteroatoms. The molecule has 1 aliphatic rings. The lowest BCUT2D eigenvalue weighted by atomic mass is 10.2. The van der Waals surface area contributed by atoms with Crippen LogP contribution in [-0.2, 0) is 28.0 Å². The van der Waals surface area contributed by atoms with Gasteiger partial charge in [0.15, 0.2) is 5.69 Å². The Labute approximate surface area is 169 Å². The average molecular weight is 446 g/mol. The number of aryl methyl sites for hydroxylation is 1. The van der Waals surface area contributed by atoms with Gasteiger partial charge >= 0.3 is 12.1 Å². The molecule has 2 aromatic rings. The van der Waals surface area contributed by atoms with Gasteiger partial charge in [-0.25, -0.2) is 8.42 Å². The van der Waals surface area contributed by atoms with Crippen LogP contribution < -0.4 is 5.32 Å². The summed E-state index contributed by atoms with van der Waals surface area (Å²) < 4.78 is 65.3. The molecule has 30 heavy (non-hydrogen) atoms. The van der Waals surface area contributed by atoms with Crippen molar-refractivity contribution in [1.82, 2.24) is 14.1 Å².